The third-order valence-corrected chi connectivity index (χ3v) is 3.26. The number of rotatable bonds is 0. The molecule has 1 atom stereocenters. The maximum absolute atomic E-state index is 5.58. The van der Waals surface area contributed by atoms with E-state index < -0.39 is 0 Å². The first kappa shape index (κ1) is 12.0. The Morgan fingerprint density at radius 3 is 2.43 bits per heavy atom. The van der Waals surface area contributed by atoms with Crippen molar-refractivity contribution in [3.8, 4) is 0 Å². The van der Waals surface area contributed by atoms with Crippen molar-refractivity contribution in [3.05, 3.63) is 0 Å². The minimum absolute atomic E-state index is 0.533. The molecule has 2 fully saturated rings. The maximum atomic E-state index is 5.58. The number of hydrogen-bond acceptors (Lipinski definition) is 2. The normalized spacial score (nSPS) is 33.6. The minimum atomic E-state index is 0.533. The van der Waals surface area contributed by atoms with Crippen molar-refractivity contribution in [2.75, 3.05) is 33.4 Å². The molecule has 2 nitrogen and oxygen atoms in total. The van der Waals surface area contributed by atoms with Gasteiger partial charge in [-0.1, -0.05) is 13.8 Å². The standard InChI is InChI=1S/C10H19NO.C2H6/c1-11-6-2-4-10(8-11)5-3-7-12-9-10;1-2/h2-9H2,1H3;1-2H3. The second-order valence-corrected chi connectivity index (χ2v) is 4.50. The highest BCUT2D eigenvalue weighted by atomic mass is 16.5. The molecular formula is C12H25NO. The molecule has 2 aliphatic rings. The monoisotopic (exact) mass is 199 g/mol. The molecule has 0 N–H and O–H groups in total. The molecule has 0 saturated carbocycles. The molecule has 0 bridgehead atoms. The van der Waals surface area contributed by atoms with Crippen molar-refractivity contribution < 1.29 is 4.74 Å². The van der Waals surface area contributed by atoms with E-state index in [2.05, 4.69) is 11.9 Å². The molecule has 1 unspecified atom stereocenters. The third kappa shape index (κ3) is 2.96. The molecule has 0 aliphatic carbocycles. The molecule has 0 aromatic carbocycles. The molecule has 2 aliphatic heterocycles. The van der Waals surface area contributed by atoms with Gasteiger partial charge in [-0.15, -0.1) is 0 Å². The lowest BCUT2D eigenvalue weighted by Gasteiger charge is -2.43. The van der Waals surface area contributed by atoms with Crippen LogP contribution in [0, 0.1) is 5.41 Å². The van der Waals surface area contributed by atoms with Gasteiger partial charge >= 0.3 is 0 Å². The van der Waals surface area contributed by atoms with Crippen LogP contribution >= 0.6 is 0 Å². The molecule has 14 heavy (non-hydrogen) atoms. The zero-order valence-corrected chi connectivity index (χ0v) is 10.0. The van der Waals surface area contributed by atoms with Crippen molar-refractivity contribution in [2.45, 2.75) is 39.5 Å². The first-order valence-corrected chi connectivity index (χ1v) is 6.07. The maximum Gasteiger partial charge on any atom is 0.0534 e. The number of hydrogen-bond donors (Lipinski definition) is 0. The number of piperidine rings is 1. The lowest BCUT2D eigenvalue weighted by molar-refractivity contribution is -0.0438. The second kappa shape index (κ2) is 5.72. The SMILES string of the molecule is CC.CN1CCCC2(CCCOC2)C1. The Morgan fingerprint density at radius 1 is 1.14 bits per heavy atom. The van der Waals surface area contributed by atoms with Gasteiger partial charge < -0.3 is 9.64 Å². The average molecular weight is 199 g/mol. The first-order chi connectivity index (χ1) is 6.81. The molecular weight excluding hydrogens is 174 g/mol. The van der Waals surface area contributed by atoms with E-state index in [-0.39, 0.29) is 0 Å². The summed E-state index contributed by atoms with van der Waals surface area (Å²) < 4.78 is 5.58. The highest BCUT2D eigenvalue weighted by Gasteiger charge is 2.35. The van der Waals surface area contributed by atoms with E-state index in [1.807, 2.05) is 13.8 Å². The van der Waals surface area contributed by atoms with Crippen LogP contribution in [-0.4, -0.2) is 38.3 Å². The summed E-state index contributed by atoms with van der Waals surface area (Å²) in [6.07, 6.45) is 5.41. The highest BCUT2D eigenvalue weighted by molar-refractivity contribution is 4.87. The lowest BCUT2D eigenvalue weighted by atomic mass is 9.76. The summed E-state index contributed by atoms with van der Waals surface area (Å²) in [5.74, 6) is 0. The van der Waals surface area contributed by atoms with E-state index in [1.165, 1.54) is 38.8 Å². The van der Waals surface area contributed by atoms with Gasteiger partial charge in [0.25, 0.3) is 0 Å². The third-order valence-electron chi connectivity index (χ3n) is 3.26. The summed E-state index contributed by atoms with van der Waals surface area (Å²) in [6, 6.07) is 0. The summed E-state index contributed by atoms with van der Waals surface area (Å²) in [5.41, 5.74) is 0.533. The van der Waals surface area contributed by atoms with Gasteiger partial charge in [0.05, 0.1) is 6.61 Å². The van der Waals surface area contributed by atoms with Gasteiger partial charge in [0.15, 0.2) is 0 Å². The van der Waals surface area contributed by atoms with Crippen LogP contribution in [0.15, 0.2) is 0 Å². The van der Waals surface area contributed by atoms with Crippen LogP contribution in [0.5, 0.6) is 0 Å². The van der Waals surface area contributed by atoms with Crippen LogP contribution in [0.2, 0.25) is 0 Å². The Hall–Kier alpha value is -0.0800. The minimum Gasteiger partial charge on any atom is -0.381 e. The van der Waals surface area contributed by atoms with E-state index in [9.17, 15) is 0 Å². The van der Waals surface area contributed by atoms with Gasteiger partial charge in [0.1, 0.15) is 0 Å². The predicted molar refractivity (Wildman–Crippen MR) is 60.6 cm³/mol. The molecule has 0 aromatic rings. The fraction of sp³-hybridized carbons (Fsp3) is 1.00. The van der Waals surface area contributed by atoms with Gasteiger partial charge in [-0.05, 0) is 39.3 Å². The van der Waals surface area contributed by atoms with Crippen LogP contribution in [0.25, 0.3) is 0 Å². The Bertz CT molecular complexity index is 147. The van der Waals surface area contributed by atoms with Crippen LogP contribution in [-0.2, 0) is 4.74 Å². The summed E-state index contributed by atoms with van der Waals surface area (Å²) in [4.78, 5) is 2.46. The zero-order valence-electron chi connectivity index (χ0n) is 10.0. The average Bonchev–Trinajstić information content (AvgIpc) is 2.21. The largest absolute Gasteiger partial charge is 0.381 e. The second-order valence-electron chi connectivity index (χ2n) is 4.50. The number of likely N-dealkylation sites (tertiary alicyclic amines) is 1. The molecule has 0 aromatic heterocycles. The van der Waals surface area contributed by atoms with Crippen LogP contribution in [0.4, 0.5) is 0 Å². The topological polar surface area (TPSA) is 12.5 Å². The van der Waals surface area contributed by atoms with Gasteiger partial charge in [-0.25, -0.2) is 0 Å². The van der Waals surface area contributed by atoms with Crippen LogP contribution in [0.1, 0.15) is 39.5 Å². The summed E-state index contributed by atoms with van der Waals surface area (Å²) in [7, 11) is 2.23. The predicted octanol–water partition coefficient (Wildman–Crippen LogP) is 2.54. The summed E-state index contributed by atoms with van der Waals surface area (Å²) >= 11 is 0. The Labute approximate surface area is 88.6 Å². The molecule has 2 saturated heterocycles. The van der Waals surface area contributed by atoms with Crippen LogP contribution < -0.4 is 0 Å². The molecule has 0 radical (unpaired) electrons. The Morgan fingerprint density at radius 2 is 1.86 bits per heavy atom. The van der Waals surface area contributed by atoms with Gasteiger partial charge in [0.2, 0.25) is 0 Å². The van der Waals surface area contributed by atoms with Gasteiger partial charge in [-0.3, -0.25) is 0 Å². The van der Waals surface area contributed by atoms with E-state index >= 15 is 0 Å². The Kier molecular flexibility index (Phi) is 4.90. The smallest absolute Gasteiger partial charge is 0.0534 e. The van der Waals surface area contributed by atoms with Crippen molar-refractivity contribution >= 4 is 0 Å². The van der Waals surface area contributed by atoms with E-state index in [1.54, 1.807) is 0 Å². The fourth-order valence-corrected chi connectivity index (χ4v) is 2.69. The summed E-state index contributed by atoms with van der Waals surface area (Å²) in [5, 5.41) is 0. The lowest BCUT2D eigenvalue weighted by Crippen LogP contribution is -2.45. The first-order valence-electron chi connectivity index (χ1n) is 6.07. The summed E-state index contributed by atoms with van der Waals surface area (Å²) in [6.45, 7) is 8.54. The van der Waals surface area contributed by atoms with Crippen molar-refractivity contribution in [2.24, 2.45) is 5.41 Å². The van der Waals surface area contributed by atoms with Crippen molar-refractivity contribution in [3.63, 3.8) is 0 Å². The quantitative estimate of drug-likeness (QED) is 0.594. The van der Waals surface area contributed by atoms with Crippen molar-refractivity contribution in [1.82, 2.24) is 4.90 Å². The number of ether oxygens (including phenoxy) is 1. The molecule has 2 heteroatoms. The molecule has 0 amide bonds. The molecule has 2 rings (SSSR count). The zero-order chi connectivity index (χ0) is 10.4. The van der Waals surface area contributed by atoms with Gasteiger partial charge in [0, 0.05) is 18.6 Å². The van der Waals surface area contributed by atoms with E-state index in [0.717, 1.165) is 13.2 Å². The van der Waals surface area contributed by atoms with E-state index in [0.29, 0.717) is 5.41 Å². The molecule has 84 valence electrons. The molecule has 2 heterocycles. The van der Waals surface area contributed by atoms with Gasteiger partial charge in [-0.2, -0.15) is 0 Å². The van der Waals surface area contributed by atoms with Crippen LogP contribution in [0.3, 0.4) is 0 Å². The van der Waals surface area contributed by atoms with Crippen molar-refractivity contribution in [1.29, 1.82) is 0 Å². The molecule has 1 spiro atoms. The Balaban J connectivity index is 0.000000461. The van der Waals surface area contributed by atoms with E-state index in [4.69, 9.17) is 4.74 Å². The fourth-order valence-electron chi connectivity index (χ4n) is 2.69. The number of nitrogens with zero attached hydrogens (tertiary/aromatic N) is 1. The highest BCUT2D eigenvalue weighted by Crippen LogP contribution is 2.36.